The molecule has 3 rings (SSSR count). The number of amides is 1. The predicted molar refractivity (Wildman–Crippen MR) is 101 cm³/mol. The molecule has 25 heavy (non-hydrogen) atoms. The van der Waals surface area contributed by atoms with Crippen molar-refractivity contribution in [3.63, 3.8) is 0 Å². The molecule has 0 fully saturated rings. The van der Waals surface area contributed by atoms with Gasteiger partial charge in [-0.25, -0.2) is 9.97 Å². The molecule has 0 aliphatic carbocycles. The highest BCUT2D eigenvalue weighted by molar-refractivity contribution is 6.33. The van der Waals surface area contributed by atoms with Crippen molar-refractivity contribution < 1.29 is 4.79 Å². The summed E-state index contributed by atoms with van der Waals surface area (Å²) in [6.45, 7) is 4.04. The van der Waals surface area contributed by atoms with Gasteiger partial charge in [0.1, 0.15) is 5.69 Å². The fraction of sp³-hybridized carbons (Fsp3) is 0.105. The van der Waals surface area contributed by atoms with Gasteiger partial charge in [0.2, 0.25) is 5.95 Å². The van der Waals surface area contributed by atoms with Crippen molar-refractivity contribution in [3.8, 4) is 0 Å². The lowest BCUT2D eigenvalue weighted by atomic mass is 10.1. The maximum absolute atomic E-state index is 12.4. The number of hydrogen-bond acceptors (Lipinski definition) is 4. The van der Waals surface area contributed by atoms with Gasteiger partial charge in [-0.05, 0) is 55.3 Å². The van der Waals surface area contributed by atoms with E-state index < -0.39 is 0 Å². The van der Waals surface area contributed by atoms with Gasteiger partial charge in [0, 0.05) is 11.9 Å². The molecule has 5 nitrogen and oxygen atoms in total. The molecule has 0 aliphatic heterocycles. The van der Waals surface area contributed by atoms with Crippen LogP contribution in [0.3, 0.4) is 0 Å². The van der Waals surface area contributed by atoms with Gasteiger partial charge in [-0.15, -0.1) is 0 Å². The third kappa shape index (κ3) is 4.33. The lowest BCUT2D eigenvalue weighted by molar-refractivity contribution is 0.102. The molecule has 3 aromatic rings. The fourth-order valence-electron chi connectivity index (χ4n) is 2.47. The molecule has 126 valence electrons. The van der Waals surface area contributed by atoms with E-state index in [-0.39, 0.29) is 11.6 Å². The molecule has 0 saturated carbocycles. The molecule has 1 amide bonds. The zero-order valence-corrected chi connectivity index (χ0v) is 14.6. The highest BCUT2D eigenvalue weighted by Crippen LogP contribution is 2.21. The van der Waals surface area contributed by atoms with Crippen LogP contribution in [0, 0.1) is 13.8 Å². The summed E-state index contributed by atoms with van der Waals surface area (Å²) in [6, 6.07) is 14.7. The number of anilines is 3. The molecule has 2 N–H and O–H groups in total. The van der Waals surface area contributed by atoms with E-state index in [2.05, 4.69) is 26.7 Å². The van der Waals surface area contributed by atoms with Crippen molar-refractivity contribution in [1.82, 2.24) is 9.97 Å². The Morgan fingerprint density at radius 3 is 2.48 bits per heavy atom. The van der Waals surface area contributed by atoms with Crippen molar-refractivity contribution in [2.75, 3.05) is 10.6 Å². The Hall–Kier alpha value is -2.92. The number of nitrogens with zero attached hydrogens (tertiary/aromatic N) is 2. The molecule has 0 aliphatic rings. The zero-order valence-electron chi connectivity index (χ0n) is 13.9. The van der Waals surface area contributed by atoms with Crippen molar-refractivity contribution in [1.29, 1.82) is 0 Å². The second-order valence-corrected chi connectivity index (χ2v) is 6.11. The number of aromatic nitrogens is 2. The predicted octanol–water partition coefficient (Wildman–Crippen LogP) is 4.74. The molecule has 2 aromatic carbocycles. The molecule has 0 unspecified atom stereocenters. The number of benzene rings is 2. The Balaban J connectivity index is 1.79. The van der Waals surface area contributed by atoms with E-state index in [1.165, 1.54) is 0 Å². The second kappa shape index (κ2) is 7.32. The first-order chi connectivity index (χ1) is 12.0. The van der Waals surface area contributed by atoms with Crippen LogP contribution in [0.1, 0.15) is 21.6 Å². The van der Waals surface area contributed by atoms with Crippen LogP contribution in [-0.4, -0.2) is 15.9 Å². The number of nitrogens with one attached hydrogen (secondary N) is 2. The van der Waals surface area contributed by atoms with Gasteiger partial charge >= 0.3 is 0 Å². The van der Waals surface area contributed by atoms with E-state index in [4.69, 9.17) is 11.6 Å². The van der Waals surface area contributed by atoms with Crippen LogP contribution in [0.2, 0.25) is 5.02 Å². The highest BCUT2D eigenvalue weighted by Gasteiger charge is 2.11. The Morgan fingerprint density at radius 1 is 1.04 bits per heavy atom. The largest absolute Gasteiger partial charge is 0.324 e. The summed E-state index contributed by atoms with van der Waals surface area (Å²) >= 11 is 6.06. The van der Waals surface area contributed by atoms with Crippen LogP contribution in [0.15, 0.2) is 54.7 Å². The summed E-state index contributed by atoms with van der Waals surface area (Å²) in [5.74, 6) is 0.00998. The van der Waals surface area contributed by atoms with E-state index in [1.807, 2.05) is 26.0 Å². The van der Waals surface area contributed by atoms with Gasteiger partial charge in [-0.2, -0.15) is 0 Å². The first-order valence-corrected chi connectivity index (χ1v) is 8.13. The van der Waals surface area contributed by atoms with E-state index >= 15 is 0 Å². The van der Waals surface area contributed by atoms with Gasteiger partial charge in [-0.1, -0.05) is 29.8 Å². The Bertz CT molecular complexity index is 907. The number of aryl methyl sites for hydroxylation is 2. The summed E-state index contributed by atoms with van der Waals surface area (Å²) < 4.78 is 0. The molecule has 1 heterocycles. The zero-order chi connectivity index (χ0) is 17.8. The molecule has 6 heteroatoms. The fourth-order valence-corrected chi connectivity index (χ4v) is 2.65. The van der Waals surface area contributed by atoms with E-state index in [0.717, 1.165) is 16.8 Å². The lowest BCUT2D eigenvalue weighted by Gasteiger charge is -2.09. The van der Waals surface area contributed by atoms with Gasteiger partial charge < -0.3 is 10.6 Å². The first-order valence-electron chi connectivity index (χ1n) is 7.75. The van der Waals surface area contributed by atoms with Crippen molar-refractivity contribution in [2.24, 2.45) is 0 Å². The molecule has 0 saturated heterocycles. The maximum Gasteiger partial charge on any atom is 0.274 e. The van der Waals surface area contributed by atoms with E-state index in [0.29, 0.717) is 16.7 Å². The Kier molecular flexibility index (Phi) is 4.95. The number of carbonyl (C=O) groups is 1. The average molecular weight is 353 g/mol. The number of rotatable bonds is 4. The molecule has 0 bridgehead atoms. The van der Waals surface area contributed by atoms with Crippen molar-refractivity contribution >= 4 is 34.8 Å². The van der Waals surface area contributed by atoms with Crippen LogP contribution in [0.25, 0.3) is 0 Å². The minimum Gasteiger partial charge on any atom is -0.324 e. The standard InChI is InChI=1S/C19H17ClN4O/c1-12-9-13(2)11-14(10-12)22-19-21-8-7-17(24-19)18(25)23-16-6-4-3-5-15(16)20/h3-11H,1-2H3,(H,23,25)(H,21,22,24). The topological polar surface area (TPSA) is 66.9 Å². The maximum atomic E-state index is 12.4. The van der Waals surface area contributed by atoms with Crippen LogP contribution in [-0.2, 0) is 0 Å². The third-order valence-electron chi connectivity index (χ3n) is 3.49. The van der Waals surface area contributed by atoms with Gasteiger partial charge in [0.15, 0.2) is 0 Å². The SMILES string of the molecule is Cc1cc(C)cc(Nc2nccc(C(=O)Nc3ccccc3Cl)n2)c1. The summed E-state index contributed by atoms with van der Waals surface area (Å²) in [5.41, 5.74) is 3.93. The third-order valence-corrected chi connectivity index (χ3v) is 3.82. The highest BCUT2D eigenvalue weighted by atomic mass is 35.5. The number of para-hydroxylation sites is 1. The van der Waals surface area contributed by atoms with Gasteiger partial charge in [-0.3, -0.25) is 4.79 Å². The van der Waals surface area contributed by atoms with Gasteiger partial charge in [0.05, 0.1) is 10.7 Å². The Morgan fingerprint density at radius 2 is 1.76 bits per heavy atom. The van der Waals surface area contributed by atoms with Crippen LogP contribution in [0.5, 0.6) is 0 Å². The summed E-state index contributed by atoms with van der Waals surface area (Å²) in [6.07, 6.45) is 1.54. The summed E-state index contributed by atoms with van der Waals surface area (Å²) in [4.78, 5) is 20.8. The summed E-state index contributed by atoms with van der Waals surface area (Å²) in [7, 11) is 0. The average Bonchev–Trinajstić information content (AvgIpc) is 2.56. The normalized spacial score (nSPS) is 10.4. The quantitative estimate of drug-likeness (QED) is 0.711. The van der Waals surface area contributed by atoms with Crippen LogP contribution < -0.4 is 10.6 Å². The van der Waals surface area contributed by atoms with Crippen molar-refractivity contribution in [2.45, 2.75) is 13.8 Å². The molecular formula is C19H17ClN4O. The minimum absolute atomic E-state index is 0.252. The number of halogens is 1. The summed E-state index contributed by atoms with van der Waals surface area (Å²) in [5, 5.41) is 6.35. The van der Waals surface area contributed by atoms with Gasteiger partial charge in [0.25, 0.3) is 5.91 Å². The molecule has 0 radical (unpaired) electrons. The number of carbonyl (C=O) groups excluding carboxylic acids is 1. The first kappa shape index (κ1) is 16.9. The molecule has 1 aromatic heterocycles. The van der Waals surface area contributed by atoms with Crippen LogP contribution in [0.4, 0.5) is 17.3 Å². The molecule has 0 spiro atoms. The number of hydrogen-bond donors (Lipinski definition) is 2. The second-order valence-electron chi connectivity index (χ2n) is 5.70. The monoisotopic (exact) mass is 352 g/mol. The molecular weight excluding hydrogens is 336 g/mol. The minimum atomic E-state index is -0.348. The lowest BCUT2D eigenvalue weighted by Crippen LogP contribution is -2.15. The van der Waals surface area contributed by atoms with E-state index in [9.17, 15) is 4.79 Å². The van der Waals surface area contributed by atoms with E-state index in [1.54, 1.807) is 36.5 Å². The smallest absolute Gasteiger partial charge is 0.274 e. The van der Waals surface area contributed by atoms with Crippen LogP contribution >= 0.6 is 11.6 Å². The van der Waals surface area contributed by atoms with Crippen molar-refractivity contribution in [3.05, 3.63) is 76.6 Å². The molecule has 0 atom stereocenters. The Labute approximate surface area is 151 Å².